The number of aromatic nitrogens is 2. The zero-order valence-corrected chi connectivity index (χ0v) is 16.3. The van der Waals surface area contributed by atoms with Crippen LogP contribution >= 0.6 is 0 Å². The van der Waals surface area contributed by atoms with Crippen LogP contribution in [0.4, 0.5) is 10.6 Å². The van der Waals surface area contributed by atoms with Crippen LogP contribution in [0.1, 0.15) is 29.2 Å². The molecule has 1 aromatic heterocycles. The molecule has 1 atom stereocenters. The van der Waals surface area contributed by atoms with E-state index in [0.29, 0.717) is 23.7 Å². The van der Waals surface area contributed by atoms with Crippen LogP contribution in [0.25, 0.3) is 0 Å². The number of rotatable bonds is 6. The van der Waals surface area contributed by atoms with Crippen molar-refractivity contribution in [2.24, 2.45) is 0 Å². The molecule has 2 aliphatic rings. The van der Waals surface area contributed by atoms with Crippen molar-refractivity contribution in [2.75, 3.05) is 38.6 Å². The van der Waals surface area contributed by atoms with Crippen molar-refractivity contribution in [3.05, 3.63) is 42.1 Å². The Balaban J connectivity index is 1.33. The standard InChI is InChI=1S/C20H25N5O4/c1-28-16-4-2-14(3-5-16)19(26)23-18-6-9-22-25(18)15-7-10-24(11-8-15)13-17-12-21-20(27)29-17/h2-6,9,15,17H,7-8,10-13H2,1H3,(H,21,27)(H,23,26)/t17-/m1/s1. The Kier molecular flexibility index (Phi) is 5.66. The van der Waals surface area contributed by atoms with Gasteiger partial charge < -0.3 is 20.1 Å². The maximum atomic E-state index is 12.6. The molecule has 4 rings (SSSR count). The highest BCUT2D eigenvalue weighted by Crippen LogP contribution is 2.26. The van der Waals surface area contributed by atoms with Crippen LogP contribution < -0.4 is 15.4 Å². The summed E-state index contributed by atoms with van der Waals surface area (Å²) >= 11 is 0. The molecule has 29 heavy (non-hydrogen) atoms. The van der Waals surface area contributed by atoms with E-state index < -0.39 is 0 Å². The number of likely N-dealkylation sites (tertiary alicyclic amines) is 1. The molecule has 3 heterocycles. The number of benzene rings is 1. The average molecular weight is 399 g/mol. The van der Waals surface area contributed by atoms with E-state index in [1.807, 2.05) is 10.7 Å². The van der Waals surface area contributed by atoms with Crippen LogP contribution in [0.5, 0.6) is 5.75 Å². The number of anilines is 1. The predicted octanol–water partition coefficient (Wildman–Crippen LogP) is 1.89. The van der Waals surface area contributed by atoms with E-state index in [-0.39, 0.29) is 24.1 Å². The highest BCUT2D eigenvalue weighted by molar-refractivity contribution is 6.03. The van der Waals surface area contributed by atoms with Gasteiger partial charge in [-0.1, -0.05) is 0 Å². The average Bonchev–Trinajstić information content (AvgIpc) is 3.37. The van der Waals surface area contributed by atoms with Crippen molar-refractivity contribution in [3.63, 3.8) is 0 Å². The Morgan fingerprint density at radius 1 is 1.28 bits per heavy atom. The number of alkyl carbamates (subject to hydrolysis) is 1. The minimum Gasteiger partial charge on any atom is -0.497 e. The summed E-state index contributed by atoms with van der Waals surface area (Å²) in [6.45, 7) is 3.10. The Bertz CT molecular complexity index is 858. The van der Waals surface area contributed by atoms with Gasteiger partial charge in [0.15, 0.2) is 0 Å². The SMILES string of the molecule is COc1ccc(C(=O)Nc2ccnn2C2CCN(C[C@H]3CNC(=O)O3)CC2)cc1. The lowest BCUT2D eigenvalue weighted by atomic mass is 10.0. The van der Waals surface area contributed by atoms with Gasteiger partial charge in [-0.25, -0.2) is 9.48 Å². The first-order valence-corrected chi connectivity index (χ1v) is 9.78. The number of carbonyl (C=O) groups is 2. The fraction of sp³-hybridized carbons (Fsp3) is 0.450. The second-order valence-electron chi connectivity index (χ2n) is 7.28. The summed E-state index contributed by atoms with van der Waals surface area (Å²) in [6.07, 6.45) is 3.13. The van der Waals surface area contributed by atoms with Crippen LogP contribution in [0.2, 0.25) is 0 Å². The van der Waals surface area contributed by atoms with Crippen molar-refractivity contribution < 1.29 is 19.1 Å². The lowest BCUT2D eigenvalue weighted by Gasteiger charge is -2.33. The quantitative estimate of drug-likeness (QED) is 0.770. The molecule has 0 bridgehead atoms. The summed E-state index contributed by atoms with van der Waals surface area (Å²) in [5.74, 6) is 1.22. The molecule has 2 fully saturated rings. The summed E-state index contributed by atoms with van der Waals surface area (Å²) in [7, 11) is 1.59. The van der Waals surface area contributed by atoms with Gasteiger partial charge in [0.1, 0.15) is 17.7 Å². The van der Waals surface area contributed by atoms with E-state index >= 15 is 0 Å². The molecular formula is C20H25N5O4. The molecule has 0 spiro atoms. The van der Waals surface area contributed by atoms with Crippen molar-refractivity contribution in [1.82, 2.24) is 20.0 Å². The number of hydrogen-bond acceptors (Lipinski definition) is 6. The van der Waals surface area contributed by atoms with Crippen LogP contribution in [0.3, 0.4) is 0 Å². The molecular weight excluding hydrogens is 374 g/mol. The van der Waals surface area contributed by atoms with E-state index in [4.69, 9.17) is 9.47 Å². The van der Waals surface area contributed by atoms with Gasteiger partial charge >= 0.3 is 6.09 Å². The first kappa shape index (κ1) is 19.3. The second kappa shape index (κ2) is 8.52. The number of ether oxygens (including phenoxy) is 2. The third-order valence-electron chi connectivity index (χ3n) is 5.38. The molecule has 0 unspecified atom stereocenters. The fourth-order valence-corrected chi connectivity index (χ4v) is 3.80. The molecule has 2 saturated heterocycles. The van der Waals surface area contributed by atoms with E-state index in [1.165, 1.54) is 0 Å². The zero-order chi connectivity index (χ0) is 20.2. The lowest BCUT2D eigenvalue weighted by molar-refractivity contribution is 0.0909. The van der Waals surface area contributed by atoms with Gasteiger partial charge in [-0.05, 0) is 37.1 Å². The van der Waals surface area contributed by atoms with Crippen LogP contribution in [0, 0.1) is 0 Å². The number of nitrogens with one attached hydrogen (secondary N) is 2. The molecule has 9 nitrogen and oxygen atoms in total. The molecule has 1 aromatic carbocycles. The Hall–Kier alpha value is -3.07. The Morgan fingerprint density at radius 3 is 2.69 bits per heavy atom. The highest BCUT2D eigenvalue weighted by atomic mass is 16.6. The second-order valence-corrected chi connectivity index (χ2v) is 7.28. The third-order valence-corrected chi connectivity index (χ3v) is 5.38. The van der Waals surface area contributed by atoms with Gasteiger partial charge in [-0.3, -0.25) is 9.69 Å². The van der Waals surface area contributed by atoms with Gasteiger partial charge in [0.25, 0.3) is 5.91 Å². The van der Waals surface area contributed by atoms with Crippen molar-refractivity contribution >= 4 is 17.8 Å². The number of piperidine rings is 1. The zero-order valence-electron chi connectivity index (χ0n) is 16.3. The summed E-state index contributed by atoms with van der Waals surface area (Å²) < 4.78 is 12.2. The van der Waals surface area contributed by atoms with Gasteiger partial charge in [-0.15, -0.1) is 0 Å². The van der Waals surface area contributed by atoms with Crippen molar-refractivity contribution in [2.45, 2.75) is 25.0 Å². The largest absolute Gasteiger partial charge is 0.497 e. The molecule has 2 amide bonds. The van der Waals surface area contributed by atoms with Crippen molar-refractivity contribution in [1.29, 1.82) is 0 Å². The smallest absolute Gasteiger partial charge is 0.407 e. The monoisotopic (exact) mass is 399 g/mol. The maximum Gasteiger partial charge on any atom is 0.407 e. The van der Waals surface area contributed by atoms with E-state index in [2.05, 4.69) is 20.6 Å². The Morgan fingerprint density at radius 2 is 2.03 bits per heavy atom. The minimum absolute atomic E-state index is 0.0805. The third kappa shape index (κ3) is 4.51. The first-order chi connectivity index (χ1) is 14.1. The van der Waals surface area contributed by atoms with Gasteiger partial charge in [0.2, 0.25) is 0 Å². The normalized spacial score (nSPS) is 20.2. The summed E-state index contributed by atoms with van der Waals surface area (Å²) in [5.41, 5.74) is 0.563. The minimum atomic E-state index is -0.335. The van der Waals surface area contributed by atoms with E-state index in [9.17, 15) is 9.59 Å². The molecule has 0 radical (unpaired) electrons. The lowest BCUT2D eigenvalue weighted by Crippen LogP contribution is -2.40. The summed E-state index contributed by atoms with van der Waals surface area (Å²) in [4.78, 5) is 26.0. The fourth-order valence-electron chi connectivity index (χ4n) is 3.80. The Labute approximate surface area is 169 Å². The van der Waals surface area contributed by atoms with Crippen LogP contribution in [-0.2, 0) is 4.74 Å². The number of methoxy groups -OCH3 is 1. The predicted molar refractivity (Wildman–Crippen MR) is 106 cm³/mol. The van der Waals surface area contributed by atoms with Gasteiger partial charge in [0.05, 0.1) is 25.9 Å². The highest BCUT2D eigenvalue weighted by Gasteiger charge is 2.28. The maximum absolute atomic E-state index is 12.6. The number of amides is 2. The van der Waals surface area contributed by atoms with E-state index in [1.54, 1.807) is 37.6 Å². The van der Waals surface area contributed by atoms with E-state index in [0.717, 1.165) is 32.5 Å². The number of cyclic esters (lactones) is 1. The van der Waals surface area contributed by atoms with Crippen molar-refractivity contribution in [3.8, 4) is 5.75 Å². The van der Waals surface area contributed by atoms with Crippen LogP contribution in [0.15, 0.2) is 36.5 Å². The topological polar surface area (TPSA) is 97.7 Å². The molecule has 0 aliphatic carbocycles. The number of carbonyl (C=O) groups excluding carboxylic acids is 2. The summed E-state index contributed by atoms with van der Waals surface area (Å²) in [5, 5.41) is 10.1. The van der Waals surface area contributed by atoms with Gasteiger partial charge in [0, 0.05) is 31.3 Å². The molecule has 154 valence electrons. The number of nitrogens with zero attached hydrogens (tertiary/aromatic N) is 3. The van der Waals surface area contributed by atoms with Gasteiger partial charge in [-0.2, -0.15) is 5.10 Å². The number of hydrogen-bond donors (Lipinski definition) is 2. The first-order valence-electron chi connectivity index (χ1n) is 9.78. The molecule has 2 N–H and O–H groups in total. The van der Waals surface area contributed by atoms with Crippen LogP contribution in [-0.4, -0.2) is 66.1 Å². The molecule has 9 heteroatoms. The molecule has 0 saturated carbocycles. The summed E-state index contributed by atoms with van der Waals surface area (Å²) in [6, 6.07) is 9.03. The molecule has 2 aromatic rings. The molecule has 2 aliphatic heterocycles.